The number of imide groups is 1. The van der Waals surface area contributed by atoms with E-state index in [0.717, 1.165) is 25.7 Å². The summed E-state index contributed by atoms with van der Waals surface area (Å²) < 4.78 is 0. The molecule has 1 unspecified atom stereocenters. The van der Waals surface area contributed by atoms with Crippen molar-refractivity contribution in [2.45, 2.75) is 65.8 Å². The lowest BCUT2D eigenvalue weighted by Crippen LogP contribution is -2.40. The SMILES string of the molecule is CCC(CC)C1CC(=O)N(C(CC)CC)C1=O. The maximum absolute atomic E-state index is 12.3. The van der Waals surface area contributed by atoms with Crippen LogP contribution in [0, 0.1) is 11.8 Å². The summed E-state index contributed by atoms with van der Waals surface area (Å²) in [5.74, 6) is 0.432. The van der Waals surface area contributed by atoms with Crippen LogP contribution in [0.3, 0.4) is 0 Å². The predicted octanol–water partition coefficient (Wildman–Crippen LogP) is 2.99. The lowest BCUT2D eigenvalue weighted by atomic mass is 9.86. The summed E-state index contributed by atoms with van der Waals surface area (Å²) in [6.07, 6.45) is 4.13. The summed E-state index contributed by atoms with van der Waals surface area (Å²) in [6, 6.07) is 0.106. The van der Waals surface area contributed by atoms with Crippen molar-refractivity contribution in [3.8, 4) is 0 Å². The number of likely N-dealkylation sites (tertiary alicyclic amines) is 1. The molecule has 1 saturated heterocycles. The number of hydrogen-bond acceptors (Lipinski definition) is 2. The first-order valence-electron chi connectivity index (χ1n) is 6.96. The van der Waals surface area contributed by atoms with Gasteiger partial charge in [-0.2, -0.15) is 0 Å². The molecule has 17 heavy (non-hydrogen) atoms. The molecule has 0 spiro atoms. The topological polar surface area (TPSA) is 37.4 Å². The second-order valence-corrected chi connectivity index (χ2v) is 4.96. The highest BCUT2D eigenvalue weighted by Gasteiger charge is 2.43. The molecule has 98 valence electrons. The molecule has 2 amide bonds. The molecule has 3 nitrogen and oxygen atoms in total. The normalized spacial score (nSPS) is 21.1. The van der Waals surface area contributed by atoms with E-state index in [-0.39, 0.29) is 23.8 Å². The van der Waals surface area contributed by atoms with Gasteiger partial charge in [-0.05, 0) is 18.8 Å². The highest BCUT2D eigenvalue weighted by Crippen LogP contribution is 2.32. The van der Waals surface area contributed by atoms with Crippen molar-refractivity contribution >= 4 is 11.8 Å². The summed E-state index contributed by atoms with van der Waals surface area (Å²) in [5.41, 5.74) is 0. The molecule has 3 heteroatoms. The third kappa shape index (κ3) is 2.70. The average molecular weight is 239 g/mol. The van der Waals surface area contributed by atoms with E-state index >= 15 is 0 Å². The Labute approximate surface area is 105 Å². The standard InChI is InChI=1S/C14H25NO2/c1-5-10(6-2)12-9-13(16)15(14(12)17)11(7-3)8-4/h10-12H,5-9H2,1-4H3. The van der Waals surface area contributed by atoms with Gasteiger partial charge in [0.05, 0.1) is 5.92 Å². The zero-order valence-corrected chi connectivity index (χ0v) is 11.5. The number of carbonyl (C=O) groups excluding carboxylic acids is 2. The lowest BCUT2D eigenvalue weighted by molar-refractivity contribution is -0.142. The molecular formula is C14H25NO2. The quantitative estimate of drug-likeness (QED) is 0.668. The Bertz CT molecular complexity index is 280. The molecule has 0 aromatic heterocycles. The van der Waals surface area contributed by atoms with Gasteiger partial charge in [0.15, 0.2) is 0 Å². The van der Waals surface area contributed by atoms with Crippen LogP contribution in [0.25, 0.3) is 0 Å². The average Bonchev–Trinajstić information content (AvgIpc) is 2.61. The molecule has 1 fully saturated rings. The second-order valence-electron chi connectivity index (χ2n) is 4.96. The van der Waals surface area contributed by atoms with Crippen LogP contribution in [-0.2, 0) is 9.59 Å². The van der Waals surface area contributed by atoms with Gasteiger partial charge >= 0.3 is 0 Å². The molecule has 0 aromatic rings. The van der Waals surface area contributed by atoms with E-state index in [9.17, 15) is 9.59 Å². The van der Waals surface area contributed by atoms with Gasteiger partial charge in [-0.25, -0.2) is 0 Å². The van der Waals surface area contributed by atoms with Crippen LogP contribution in [0.15, 0.2) is 0 Å². The number of amides is 2. The van der Waals surface area contributed by atoms with Gasteiger partial charge in [0, 0.05) is 12.5 Å². The fourth-order valence-electron chi connectivity index (χ4n) is 2.94. The third-order valence-corrected chi connectivity index (χ3v) is 4.14. The van der Waals surface area contributed by atoms with Crippen molar-refractivity contribution in [2.24, 2.45) is 11.8 Å². The van der Waals surface area contributed by atoms with Crippen molar-refractivity contribution in [2.75, 3.05) is 0 Å². The minimum absolute atomic E-state index is 0.0422. The summed E-state index contributed by atoms with van der Waals surface area (Å²) in [6.45, 7) is 8.29. The van der Waals surface area contributed by atoms with Crippen LogP contribution in [0.2, 0.25) is 0 Å². The van der Waals surface area contributed by atoms with E-state index in [2.05, 4.69) is 13.8 Å². The van der Waals surface area contributed by atoms with Gasteiger partial charge in [-0.3, -0.25) is 14.5 Å². The van der Waals surface area contributed by atoms with Crippen molar-refractivity contribution in [3.63, 3.8) is 0 Å². The third-order valence-electron chi connectivity index (χ3n) is 4.14. The Morgan fingerprint density at radius 3 is 2.00 bits per heavy atom. The molecule has 0 aromatic carbocycles. The van der Waals surface area contributed by atoms with Crippen molar-refractivity contribution < 1.29 is 9.59 Å². The molecule has 0 radical (unpaired) electrons. The first-order chi connectivity index (χ1) is 8.10. The van der Waals surface area contributed by atoms with Gasteiger partial charge in [0.25, 0.3) is 0 Å². The van der Waals surface area contributed by atoms with Gasteiger partial charge in [-0.15, -0.1) is 0 Å². The van der Waals surface area contributed by atoms with Crippen molar-refractivity contribution in [3.05, 3.63) is 0 Å². The van der Waals surface area contributed by atoms with Crippen molar-refractivity contribution in [1.29, 1.82) is 0 Å². The highest BCUT2D eigenvalue weighted by molar-refractivity contribution is 6.04. The van der Waals surface area contributed by atoms with E-state index < -0.39 is 0 Å². The summed E-state index contributed by atoms with van der Waals surface area (Å²) >= 11 is 0. The Balaban J connectivity index is 2.84. The lowest BCUT2D eigenvalue weighted by Gasteiger charge is -2.25. The molecule has 0 saturated carbocycles. The Kier molecular flexibility index (Phi) is 5.16. The van der Waals surface area contributed by atoms with E-state index in [1.165, 1.54) is 0 Å². The molecule has 0 aliphatic carbocycles. The molecular weight excluding hydrogens is 214 g/mol. The largest absolute Gasteiger partial charge is 0.279 e. The maximum Gasteiger partial charge on any atom is 0.233 e. The molecule has 1 heterocycles. The first-order valence-corrected chi connectivity index (χ1v) is 6.96. The smallest absolute Gasteiger partial charge is 0.233 e. The number of nitrogens with zero attached hydrogens (tertiary/aromatic N) is 1. The van der Waals surface area contributed by atoms with Gasteiger partial charge in [0.2, 0.25) is 11.8 Å². The zero-order chi connectivity index (χ0) is 13.0. The van der Waals surface area contributed by atoms with Crippen LogP contribution >= 0.6 is 0 Å². The van der Waals surface area contributed by atoms with E-state index in [1.54, 1.807) is 4.90 Å². The van der Waals surface area contributed by atoms with Gasteiger partial charge < -0.3 is 0 Å². The van der Waals surface area contributed by atoms with E-state index in [0.29, 0.717) is 12.3 Å². The van der Waals surface area contributed by atoms with Gasteiger partial charge in [-0.1, -0.05) is 40.5 Å². The number of hydrogen-bond donors (Lipinski definition) is 0. The molecule has 0 N–H and O–H groups in total. The summed E-state index contributed by atoms with van der Waals surface area (Å²) in [5, 5.41) is 0. The fraction of sp³-hybridized carbons (Fsp3) is 0.857. The van der Waals surface area contributed by atoms with Crippen LogP contribution in [-0.4, -0.2) is 22.8 Å². The second kappa shape index (κ2) is 6.18. The minimum atomic E-state index is -0.0573. The van der Waals surface area contributed by atoms with E-state index in [4.69, 9.17) is 0 Å². The number of carbonyl (C=O) groups is 2. The Morgan fingerprint density at radius 2 is 1.59 bits per heavy atom. The van der Waals surface area contributed by atoms with Crippen molar-refractivity contribution in [1.82, 2.24) is 4.90 Å². The van der Waals surface area contributed by atoms with Crippen LogP contribution < -0.4 is 0 Å². The predicted molar refractivity (Wildman–Crippen MR) is 68.4 cm³/mol. The highest BCUT2D eigenvalue weighted by atomic mass is 16.2. The zero-order valence-electron chi connectivity index (χ0n) is 11.5. The Morgan fingerprint density at radius 1 is 1.06 bits per heavy atom. The van der Waals surface area contributed by atoms with Crippen LogP contribution in [0.4, 0.5) is 0 Å². The van der Waals surface area contributed by atoms with Gasteiger partial charge in [0.1, 0.15) is 0 Å². The molecule has 1 aliphatic heterocycles. The minimum Gasteiger partial charge on any atom is -0.279 e. The molecule has 1 aliphatic rings. The molecule has 1 atom stereocenters. The summed E-state index contributed by atoms with van der Waals surface area (Å²) in [4.78, 5) is 25.9. The summed E-state index contributed by atoms with van der Waals surface area (Å²) in [7, 11) is 0. The molecule has 0 bridgehead atoms. The maximum atomic E-state index is 12.3. The van der Waals surface area contributed by atoms with Crippen LogP contribution in [0.5, 0.6) is 0 Å². The van der Waals surface area contributed by atoms with E-state index in [1.807, 2.05) is 13.8 Å². The van der Waals surface area contributed by atoms with Crippen LogP contribution in [0.1, 0.15) is 59.8 Å². The first kappa shape index (κ1) is 14.2. The number of rotatable bonds is 6. The Hall–Kier alpha value is -0.860. The molecule has 1 rings (SSSR count). The monoisotopic (exact) mass is 239 g/mol. The fourth-order valence-corrected chi connectivity index (χ4v) is 2.94.